The molecule has 2 heterocycles. The van der Waals surface area contributed by atoms with E-state index < -0.39 is 0 Å². The SMILES string of the molecule is CNc1ncc(CCc2cccnc2)[nH]1. The van der Waals surface area contributed by atoms with Gasteiger partial charge in [0.1, 0.15) is 0 Å². The maximum absolute atomic E-state index is 4.16. The van der Waals surface area contributed by atoms with Crippen LogP contribution in [-0.2, 0) is 12.8 Å². The molecule has 0 aromatic carbocycles. The van der Waals surface area contributed by atoms with Crippen LogP contribution in [0.2, 0.25) is 0 Å². The number of imidazole rings is 1. The molecule has 0 aliphatic heterocycles. The summed E-state index contributed by atoms with van der Waals surface area (Å²) in [6.07, 6.45) is 7.50. The van der Waals surface area contributed by atoms with E-state index in [1.54, 1.807) is 6.20 Å². The van der Waals surface area contributed by atoms with Crippen LogP contribution in [0.1, 0.15) is 11.3 Å². The van der Waals surface area contributed by atoms with Gasteiger partial charge in [-0.2, -0.15) is 0 Å². The molecule has 4 heteroatoms. The number of anilines is 1. The summed E-state index contributed by atoms with van der Waals surface area (Å²) < 4.78 is 0. The molecule has 0 radical (unpaired) electrons. The third kappa shape index (κ3) is 2.56. The number of aromatic nitrogens is 3. The van der Waals surface area contributed by atoms with Crippen molar-refractivity contribution in [3.05, 3.63) is 42.0 Å². The van der Waals surface area contributed by atoms with Gasteiger partial charge in [0.05, 0.1) is 6.20 Å². The summed E-state index contributed by atoms with van der Waals surface area (Å²) in [5.41, 5.74) is 2.39. The van der Waals surface area contributed by atoms with E-state index in [2.05, 4.69) is 26.3 Å². The van der Waals surface area contributed by atoms with Crippen LogP contribution >= 0.6 is 0 Å². The van der Waals surface area contributed by atoms with Crippen LogP contribution in [0.25, 0.3) is 0 Å². The summed E-state index contributed by atoms with van der Waals surface area (Å²) in [6.45, 7) is 0. The lowest BCUT2D eigenvalue weighted by Crippen LogP contribution is -1.93. The Morgan fingerprint density at radius 1 is 1.33 bits per heavy atom. The fraction of sp³-hybridized carbons (Fsp3) is 0.273. The van der Waals surface area contributed by atoms with Crippen molar-refractivity contribution in [2.75, 3.05) is 12.4 Å². The molecule has 0 saturated carbocycles. The Kier molecular flexibility index (Phi) is 2.97. The van der Waals surface area contributed by atoms with E-state index in [4.69, 9.17) is 0 Å². The van der Waals surface area contributed by atoms with Gasteiger partial charge in [-0.1, -0.05) is 6.07 Å². The first kappa shape index (κ1) is 9.71. The average Bonchev–Trinajstić information content (AvgIpc) is 2.76. The molecule has 0 amide bonds. The number of rotatable bonds is 4. The molecule has 2 N–H and O–H groups in total. The van der Waals surface area contributed by atoms with Crippen molar-refractivity contribution in [3.8, 4) is 0 Å². The zero-order valence-electron chi connectivity index (χ0n) is 8.70. The van der Waals surface area contributed by atoms with Gasteiger partial charge in [0.15, 0.2) is 5.95 Å². The van der Waals surface area contributed by atoms with Crippen LogP contribution in [-0.4, -0.2) is 22.0 Å². The van der Waals surface area contributed by atoms with Gasteiger partial charge in [-0.3, -0.25) is 4.98 Å². The standard InChI is InChI=1S/C11H14N4/c1-12-11-14-8-10(15-11)5-4-9-3-2-6-13-7-9/h2-3,6-8H,4-5H2,1H3,(H2,12,14,15). The van der Waals surface area contributed by atoms with Crippen molar-refractivity contribution in [1.29, 1.82) is 0 Å². The molecule has 0 saturated heterocycles. The minimum atomic E-state index is 0.816. The summed E-state index contributed by atoms with van der Waals surface area (Å²) in [5, 5.41) is 2.97. The van der Waals surface area contributed by atoms with E-state index in [0.29, 0.717) is 0 Å². The Balaban J connectivity index is 1.93. The highest BCUT2D eigenvalue weighted by molar-refractivity contribution is 5.25. The van der Waals surface area contributed by atoms with Crippen molar-refractivity contribution in [3.63, 3.8) is 0 Å². The maximum atomic E-state index is 4.16. The number of nitrogens with zero attached hydrogens (tertiary/aromatic N) is 2. The third-order valence-electron chi connectivity index (χ3n) is 2.27. The first-order chi connectivity index (χ1) is 7.38. The van der Waals surface area contributed by atoms with E-state index in [0.717, 1.165) is 24.5 Å². The largest absolute Gasteiger partial charge is 0.359 e. The topological polar surface area (TPSA) is 53.6 Å². The smallest absolute Gasteiger partial charge is 0.200 e. The summed E-state index contributed by atoms with van der Waals surface area (Å²) >= 11 is 0. The average molecular weight is 202 g/mol. The fourth-order valence-corrected chi connectivity index (χ4v) is 1.44. The van der Waals surface area contributed by atoms with Gasteiger partial charge < -0.3 is 10.3 Å². The second-order valence-corrected chi connectivity index (χ2v) is 3.37. The number of pyridine rings is 1. The number of aromatic amines is 1. The van der Waals surface area contributed by atoms with Crippen molar-refractivity contribution in [2.45, 2.75) is 12.8 Å². The second-order valence-electron chi connectivity index (χ2n) is 3.37. The van der Waals surface area contributed by atoms with Crippen molar-refractivity contribution in [2.24, 2.45) is 0 Å². The molecule has 4 nitrogen and oxygen atoms in total. The summed E-state index contributed by atoms with van der Waals surface area (Å²) in [4.78, 5) is 11.4. The highest BCUT2D eigenvalue weighted by Crippen LogP contribution is 2.06. The number of aryl methyl sites for hydroxylation is 2. The Morgan fingerprint density at radius 2 is 2.27 bits per heavy atom. The van der Waals surface area contributed by atoms with E-state index >= 15 is 0 Å². The zero-order chi connectivity index (χ0) is 10.5. The molecule has 2 rings (SSSR count). The fourth-order valence-electron chi connectivity index (χ4n) is 1.44. The molecule has 2 aromatic heterocycles. The Bertz CT molecular complexity index is 408. The molecule has 0 unspecified atom stereocenters. The van der Waals surface area contributed by atoms with Crippen LogP contribution in [0.4, 0.5) is 5.95 Å². The number of nitrogens with one attached hydrogen (secondary N) is 2. The van der Waals surface area contributed by atoms with Crippen molar-refractivity contribution in [1.82, 2.24) is 15.0 Å². The summed E-state index contributed by atoms with van der Waals surface area (Å²) in [5.74, 6) is 0.816. The Morgan fingerprint density at radius 3 is 2.93 bits per heavy atom. The summed E-state index contributed by atoms with van der Waals surface area (Å²) in [7, 11) is 1.85. The normalized spacial score (nSPS) is 10.2. The van der Waals surface area contributed by atoms with E-state index in [9.17, 15) is 0 Å². The first-order valence-corrected chi connectivity index (χ1v) is 4.99. The van der Waals surface area contributed by atoms with Gasteiger partial charge in [0, 0.05) is 25.1 Å². The van der Waals surface area contributed by atoms with Crippen LogP contribution in [0.15, 0.2) is 30.7 Å². The lowest BCUT2D eigenvalue weighted by molar-refractivity contribution is 0.918. The van der Waals surface area contributed by atoms with Crippen LogP contribution in [0, 0.1) is 0 Å². The molecular weight excluding hydrogens is 188 g/mol. The van der Waals surface area contributed by atoms with Crippen molar-refractivity contribution >= 4 is 5.95 Å². The quantitative estimate of drug-likeness (QED) is 0.792. The predicted octanol–water partition coefficient (Wildman–Crippen LogP) is 1.63. The minimum Gasteiger partial charge on any atom is -0.359 e. The van der Waals surface area contributed by atoms with Gasteiger partial charge in [-0.05, 0) is 24.5 Å². The van der Waals surface area contributed by atoms with E-state index in [1.165, 1.54) is 5.56 Å². The molecular formula is C11H14N4. The monoisotopic (exact) mass is 202 g/mol. The Hall–Kier alpha value is -1.84. The highest BCUT2D eigenvalue weighted by atomic mass is 15.1. The molecule has 0 aliphatic rings. The maximum Gasteiger partial charge on any atom is 0.200 e. The molecule has 2 aromatic rings. The van der Waals surface area contributed by atoms with Gasteiger partial charge in [0.25, 0.3) is 0 Å². The van der Waals surface area contributed by atoms with E-state index in [1.807, 2.05) is 25.5 Å². The van der Waals surface area contributed by atoms with Gasteiger partial charge in [-0.15, -0.1) is 0 Å². The third-order valence-corrected chi connectivity index (χ3v) is 2.27. The second kappa shape index (κ2) is 4.59. The summed E-state index contributed by atoms with van der Waals surface area (Å²) in [6, 6.07) is 4.05. The van der Waals surface area contributed by atoms with Crippen LogP contribution < -0.4 is 5.32 Å². The molecule has 0 fully saturated rings. The van der Waals surface area contributed by atoms with Crippen LogP contribution in [0.3, 0.4) is 0 Å². The molecule has 15 heavy (non-hydrogen) atoms. The van der Waals surface area contributed by atoms with E-state index in [-0.39, 0.29) is 0 Å². The van der Waals surface area contributed by atoms with Gasteiger partial charge in [-0.25, -0.2) is 4.98 Å². The molecule has 0 atom stereocenters. The van der Waals surface area contributed by atoms with Gasteiger partial charge in [0.2, 0.25) is 0 Å². The Labute approximate surface area is 88.8 Å². The van der Waals surface area contributed by atoms with Gasteiger partial charge >= 0.3 is 0 Å². The van der Waals surface area contributed by atoms with Crippen molar-refractivity contribution < 1.29 is 0 Å². The molecule has 0 aliphatic carbocycles. The minimum absolute atomic E-state index is 0.816. The lowest BCUT2D eigenvalue weighted by atomic mass is 10.1. The lowest BCUT2D eigenvalue weighted by Gasteiger charge is -1.98. The molecule has 78 valence electrons. The number of hydrogen-bond donors (Lipinski definition) is 2. The van der Waals surface area contributed by atoms with Crippen LogP contribution in [0.5, 0.6) is 0 Å². The molecule has 0 bridgehead atoms. The first-order valence-electron chi connectivity index (χ1n) is 4.99. The highest BCUT2D eigenvalue weighted by Gasteiger charge is 1.99. The molecule has 0 spiro atoms. The number of H-pyrrole nitrogens is 1. The predicted molar refractivity (Wildman–Crippen MR) is 59.8 cm³/mol. The number of hydrogen-bond acceptors (Lipinski definition) is 3. The zero-order valence-corrected chi connectivity index (χ0v) is 8.70.